The van der Waals surface area contributed by atoms with Crippen LogP contribution in [0.15, 0.2) is 0 Å². The number of rotatable bonds is 8. The zero-order chi connectivity index (χ0) is 13.4. The molecule has 1 aliphatic rings. The summed E-state index contributed by atoms with van der Waals surface area (Å²) in [7, 11) is 0. The van der Waals surface area contributed by atoms with Gasteiger partial charge in [0, 0.05) is 26.2 Å². The fourth-order valence-electron chi connectivity index (χ4n) is 2.79. The van der Waals surface area contributed by atoms with Crippen LogP contribution in [-0.2, 0) is 4.74 Å². The van der Waals surface area contributed by atoms with Crippen LogP contribution >= 0.6 is 0 Å². The molecule has 3 nitrogen and oxygen atoms in total. The Kier molecular flexibility index (Phi) is 7.20. The summed E-state index contributed by atoms with van der Waals surface area (Å²) in [5.41, 5.74) is 0.404. The van der Waals surface area contributed by atoms with Crippen molar-refractivity contribution < 1.29 is 4.74 Å². The molecule has 3 heteroatoms. The average molecular weight is 256 g/mol. The lowest BCUT2D eigenvalue weighted by atomic mass is 9.84. The lowest BCUT2D eigenvalue weighted by Crippen LogP contribution is -2.46. The van der Waals surface area contributed by atoms with E-state index < -0.39 is 0 Å². The van der Waals surface area contributed by atoms with Gasteiger partial charge in [0.15, 0.2) is 0 Å². The molecule has 1 fully saturated rings. The Labute approximate surface area is 113 Å². The predicted octanol–water partition coefficient (Wildman–Crippen LogP) is 2.37. The second kappa shape index (κ2) is 8.13. The number of morpholine rings is 1. The normalized spacial score (nSPS) is 21.2. The van der Waals surface area contributed by atoms with Gasteiger partial charge in [0.1, 0.15) is 0 Å². The first-order valence-corrected chi connectivity index (χ1v) is 7.56. The summed E-state index contributed by atoms with van der Waals surface area (Å²) in [4.78, 5) is 2.57. The first-order chi connectivity index (χ1) is 8.56. The van der Waals surface area contributed by atoms with Gasteiger partial charge in [-0.2, -0.15) is 0 Å². The third-order valence-corrected chi connectivity index (χ3v) is 3.67. The van der Waals surface area contributed by atoms with E-state index in [0.717, 1.165) is 45.3 Å². The first kappa shape index (κ1) is 15.9. The van der Waals surface area contributed by atoms with Crippen molar-refractivity contribution in [2.24, 2.45) is 11.3 Å². The van der Waals surface area contributed by atoms with E-state index in [1.165, 1.54) is 19.4 Å². The highest BCUT2D eigenvalue weighted by Crippen LogP contribution is 2.24. The molecule has 18 heavy (non-hydrogen) atoms. The van der Waals surface area contributed by atoms with Crippen LogP contribution in [0.1, 0.15) is 40.5 Å². The van der Waals surface area contributed by atoms with E-state index in [-0.39, 0.29) is 0 Å². The standard InChI is InChI=1S/C15H32N2O/c1-5-6-15(4,12-16-11-14(2)3)13-17-7-9-18-10-8-17/h14,16H,5-13H2,1-4H3. The number of ether oxygens (including phenoxy) is 1. The highest BCUT2D eigenvalue weighted by Gasteiger charge is 2.26. The second-order valence-electron chi connectivity index (χ2n) is 6.47. The maximum Gasteiger partial charge on any atom is 0.0594 e. The molecule has 0 aromatic heterocycles. The van der Waals surface area contributed by atoms with E-state index in [9.17, 15) is 0 Å². The molecule has 1 saturated heterocycles. The van der Waals surface area contributed by atoms with Gasteiger partial charge in [-0.3, -0.25) is 4.90 Å². The molecule has 1 unspecified atom stereocenters. The minimum atomic E-state index is 0.404. The molecule has 0 saturated carbocycles. The summed E-state index contributed by atoms with van der Waals surface area (Å²) in [5, 5.41) is 3.64. The summed E-state index contributed by atoms with van der Waals surface area (Å²) in [5.74, 6) is 0.735. The van der Waals surface area contributed by atoms with E-state index in [1.807, 2.05) is 0 Å². The molecule has 1 heterocycles. The number of hydrogen-bond acceptors (Lipinski definition) is 3. The van der Waals surface area contributed by atoms with Gasteiger partial charge in [0.05, 0.1) is 13.2 Å². The Morgan fingerprint density at radius 3 is 2.50 bits per heavy atom. The Hall–Kier alpha value is -0.120. The zero-order valence-electron chi connectivity index (χ0n) is 12.8. The molecule has 0 radical (unpaired) electrons. The Bertz CT molecular complexity index is 215. The van der Waals surface area contributed by atoms with Gasteiger partial charge in [0.25, 0.3) is 0 Å². The van der Waals surface area contributed by atoms with Crippen molar-refractivity contribution in [1.82, 2.24) is 10.2 Å². The minimum absolute atomic E-state index is 0.404. The third kappa shape index (κ3) is 6.17. The van der Waals surface area contributed by atoms with Crippen molar-refractivity contribution >= 4 is 0 Å². The fourth-order valence-corrected chi connectivity index (χ4v) is 2.79. The molecule has 1 aliphatic heterocycles. The molecule has 0 amide bonds. The number of nitrogens with zero attached hydrogens (tertiary/aromatic N) is 1. The van der Waals surface area contributed by atoms with Crippen molar-refractivity contribution in [3.63, 3.8) is 0 Å². The van der Waals surface area contributed by atoms with Crippen LogP contribution in [0.4, 0.5) is 0 Å². The van der Waals surface area contributed by atoms with Crippen LogP contribution in [0.5, 0.6) is 0 Å². The minimum Gasteiger partial charge on any atom is -0.379 e. The van der Waals surface area contributed by atoms with Gasteiger partial charge in [0.2, 0.25) is 0 Å². The average Bonchev–Trinajstić information content (AvgIpc) is 2.29. The van der Waals surface area contributed by atoms with Crippen LogP contribution in [0.3, 0.4) is 0 Å². The largest absolute Gasteiger partial charge is 0.379 e. The summed E-state index contributed by atoms with van der Waals surface area (Å²) in [6.07, 6.45) is 2.57. The Morgan fingerprint density at radius 1 is 1.28 bits per heavy atom. The van der Waals surface area contributed by atoms with E-state index in [1.54, 1.807) is 0 Å². The molecule has 1 N–H and O–H groups in total. The van der Waals surface area contributed by atoms with Crippen molar-refractivity contribution in [2.75, 3.05) is 45.9 Å². The Morgan fingerprint density at radius 2 is 1.94 bits per heavy atom. The van der Waals surface area contributed by atoms with Gasteiger partial charge < -0.3 is 10.1 Å². The lowest BCUT2D eigenvalue weighted by Gasteiger charge is -2.37. The molecule has 108 valence electrons. The van der Waals surface area contributed by atoms with Gasteiger partial charge in [-0.1, -0.05) is 34.1 Å². The third-order valence-electron chi connectivity index (χ3n) is 3.67. The summed E-state index contributed by atoms with van der Waals surface area (Å²) >= 11 is 0. The van der Waals surface area contributed by atoms with E-state index in [0.29, 0.717) is 5.41 Å². The molecule has 0 aliphatic carbocycles. The maximum atomic E-state index is 5.43. The molecule has 1 atom stereocenters. The van der Waals surface area contributed by atoms with Crippen molar-refractivity contribution in [3.8, 4) is 0 Å². The molecular formula is C15H32N2O. The summed E-state index contributed by atoms with van der Waals surface area (Å²) in [6, 6.07) is 0. The molecule has 0 spiro atoms. The molecule has 0 aromatic carbocycles. The second-order valence-corrected chi connectivity index (χ2v) is 6.47. The monoisotopic (exact) mass is 256 g/mol. The number of nitrogens with one attached hydrogen (secondary N) is 1. The van der Waals surface area contributed by atoms with E-state index in [2.05, 4.69) is 37.9 Å². The van der Waals surface area contributed by atoms with Gasteiger partial charge >= 0.3 is 0 Å². The summed E-state index contributed by atoms with van der Waals surface area (Å²) < 4.78 is 5.43. The van der Waals surface area contributed by atoms with Crippen LogP contribution in [-0.4, -0.2) is 50.8 Å². The van der Waals surface area contributed by atoms with Crippen LogP contribution in [0, 0.1) is 11.3 Å². The van der Waals surface area contributed by atoms with Gasteiger partial charge in [-0.15, -0.1) is 0 Å². The molecule has 0 aromatic rings. The smallest absolute Gasteiger partial charge is 0.0594 e. The SMILES string of the molecule is CCCC(C)(CNCC(C)C)CN1CCOCC1. The summed E-state index contributed by atoms with van der Waals surface area (Å²) in [6.45, 7) is 16.7. The van der Waals surface area contributed by atoms with E-state index >= 15 is 0 Å². The molecular weight excluding hydrogens is 224 g/mol. The fraction of sp³-hybridized carbons (Fsp3) is 1.00. The van der Waals surface area contributed by atoms with Crippen LogP contribution in [0.2, 0.25) is 0 Å². The van der Waals surface area contributed by atoms with Crippen LogP contribution in [0.25, 0.3) is 0 Å². The maximum absolute atomic E-state index is 5.43. The Balaban J connectivity index is 2.39. The van der Waals surface area contributed by atoms with Crippen LogP contribution < -0.4 is 5.32 Å². The van der Waals surface area contributed by atoms with Crippen molar-refractivity contribution in [1.29, 1.82) is 0 Å². The van der Waals surface area contributed by atoms with E-state index in [4.69, 9.17) is 4.74 Å². The topological polar surface area (TPSA) is 24.5 Å². The highest BCUT2D eigenvalue weighted by molar-refractivity contribution is 4.81. The highest BCUT2D eigenvalue weighted by atomic mass is 16.5. The first-order valence-electron chi connectivity index (χ1n) is 7.56. The van der Waals surface area contributed by atoms with Gasteiger partial charge in [-0.25, -0.2) is 0 Å². The van der Waals surface area contributed by atoms with Crippen molar-refractivity contribution in [3.05, 3.63) is 0 Å². The molecule has 0 bridgehead atoms. The van der Waals surface area contributed by atoms with Crippen molar-refractivity contribution in [2.45, 2.75) is 40.5 Å². The predicted molar refractivity (Wildman–Crippen MR) is 78.0 cm³/mol. The molecule has 1 rings (SSSR count). The quantitative estimate of drug-likeness (QED) is 0.721. The number of hydrogen-bond donors (Lipinski definition) is 1. The lowest BCUT2D eigenvalue weighted by molar-refractivity contribution is 0.0169. The zero-order valence-corrected chi connectivity index (χ0v) is 12.8. The van der Waals surface area contributed by atoms with Gasteiger partial charge in [-0.05, 0) is 24.3 Å².